The molecule has 2 aromatic rings. The zero-order chi connectivity index (χ0) is 13.2. The van der Waals surface area contributed by atoms with Crippen LogP contribution in [-0.4, -0.2) is 14.8 Å². The maximum absolute atomic E-state index is 4.26. The fourth-order valence-electron chi connectivity index (χ4n) is 2.44. The number of hydrogen-bond acceptors (Lipinski definition) is 3. The number of aryl methyl sites for hydroxylation is 2. The largest absolute Gasteiger partial charge is 0.303 e. The van der Waals surface area contributed by atoms with Crippen LogP contribution in [0.15, 0.2) is 30.6 Å². The minimum absolute atomic E-state index is 0.442. The topological polar surface area (TPSA) is 42.7 Å². The molecule has 0 unspecified atom stereocenters. The molecule has 0 saturated heterocycles. The third-order valence-corrected chi connectivity index (χ3v) is 3.82. The first kappa shape index (κ1) is 12.4. The van der Waals surface area contributed by atoms with E-state index in [2.05, 4.69) is 46.6 Å². The van der Waals surface area contributed by atoms with Crippen LogP contribution in [0.5, 0.6) is 0 Å². The zero-order valence-electron chi connectivity index (χ0n) is 11.5. The van der Waals surface area contributed by atoms with Crippen LogP contribution in [0.25, 0.3) is 0 Å². The number of benzene rings is 1. The molecule has 1 heterocycles. The Morgan fingerprint density at radius 2 is 2.05 bits per heavy atom. The van der Waals surface area contributed by atoms with E-state index in [1.165, 1.54) is 24.0 Å². The van der Waals surface area contributed by atoms with Gasteiger partial charge in [-0.2, -0.15) is 5.10 Å². The van der Waals surface area contributed by atoms with E-state index in [1.54, 1.807) is 6.33 Å². The molecule has 0 amide bonds. The second kappa shape index (κ2) is 5.13. The molecule has 4 nitrogen and oxygen atoms in total. The molecular formula is C15H20N4. The second-order valence-electron chi connectivity index (χ2n) is 5.41. The molecule has 1 aromatic heterocycles. The first-order valence-corrected chi connectivity index (χ1v) is 6.87. The molecule has 100 valence electrons. The van der Waals surface area contributed by atoms with Crippen molar-refractivity contribution in [3.63, 3.8) is 0 Å². The summed E-state index contributed by atoms with van der Waals surface area (Å²) in [6.45, 7) is 2.90. The van der Waals surface area contributed by atoms with E-state index in [1.807, 2.05) is 11.7 Å². The average Bonchev–Trinajstić information content (AvgIpc) is 3.16. The van der Waals surface area contributed by atoms with Gasteiger partial charge in [-0.3, -0.25) is 4.68 Å². The Morgan fingerprint density at radius 1 is 1.32 bits per heavy atom. The van der Waals surface area contributed by atoms with Crippen molar-refractivity contribution in [2.45, 2.75) is 32.4 Å². The quantitative estimate of drug-likeness (QED) is 0.893. The van der Waals surface area contributed by atoms with Gasteiger partial charge in [0.2, 0.25) is 0 Å². The van der Waals surface area contributed by atoms with E-state index < -0.39 is 0 Å². The molecule has 4 heteroatoms. The summed E-state index contributed by atoms with van der Waals surface area (Å²) in [5, 5.41) is 7.74. The van der Waals surface area contributed by atoms with Crippen LogP contribution in [0.4, 0.5) is 0 Å². The molecule has 0 radical (unpaired) electrons. The molecule has 1 saturated carbocycles. The highest BCUT2D eigenvalue weighted by atomic mass is 15.3. The predicted octanol–water partition coefficient (Wildman–Crippen LogP) is 2.36. The standard InChI is InChI=1S/C15H20N4/c1-11-3-5-12(6-4-11)15(13-7-8-13)16-9-14-17-10-18-19(14)2/h3-6,10,13,15-16H,7-9H2,1-2H3/t15-/m0/s1. The summed E-state index contributed by atoms with van der Waals surface area (Å²) in [5.74, 6) is 1.76. The van der Waals surface area contributed by atoms with Crippen LogP contribution >= 0.6 is 0 Å². The molecule has 1 fully saturated rings. The second-order valence-corrected chi connectivity index (χ2v) is 5.41. The van der Waals surface area contributed by atoms with Gasteiger partial charge < -0.3 is 5.32 Å². The molecule has 1 aromatic carbocycles. The average molecular weight is 256 g/mol. The summed E-state index contributed by atoms with van der Waals surface area (Å²) in [6.07, 6.45) is 4.25. The van der Waals surface area contributed by atoms with Crippen LogP contribution in [0, 0.1) is 12.8 Å². The fourth-order valence-corrected chi connectivity index (χ4v) is 2.44. The van der Waals surface area contributed by atoms with Crippen LogP contribution in [0.3, 0.4) is 0 Å². The van der Waals surface area contributed by atoms with Gasteiger partial charge in [-0.25, -0.2) is 4.98 Å². The highest BCUT2D eigenvalue weighted by molar-refractivity contribution is 5.25. The number of nitrogens with one attached hydrogen (secondary N) is 1. The van der Waals surface area contributed by atoms with E-state index in [-0.39, 0.29) is 0 Å². The Kier molecular flexibility index (Phi) is 3.34. The first-order valence-electron chi connectivity index (χ1n) is 6.87. The molecular weight excluding hydrogens is 236 g/mol. The minimum Gasteiger partial charge on any atom is -0.303 e. The molecule has 1 atom stereocenters. The van der Waals surface area contributed by atoms with Gasteiger partial charge in [0.25, 0.3) is 0 Å². The Hall–Kier alpha value is -1.68. The van der Waals surface area contributed by atoms with Gasteiger partial charge in [-0.1, -0.05) is 29.8 Å². The lowest BCUT2D eigenvalue weighted by atomic mass is 10.0. The summed E-state index contributed by atoms with van der Waals surface area (Å²) in [6, 6.07) is 9.30. The lowest BCUT2D eigenvalue weighted by molar-refractivity contribution is 0.464. The van der Waals surface area contributed by atoms with Crippen molar-refractivity contribution in [3.8, 4) is 0 Å². The van der Waals surface area contributed by atoms with Gasteiger partial charge in [0, 0.05) is 13.1 Å². The van der Waals surface area contributed by atoms with E-state index >= 15 is 0 Å². The van der Waals surface area contributed by atoms with Crippen LogP contribution in [0.2, 0.25) is 0 Å². The molecule has 0 aliphatic heterocycles. The first-order chi connectivity index (χ1) is 9.24. The lowest BCUT2D eigenvalue weighted by Crippen LogP contribution is -2.24. The van der Waals surface area contributed by atoms with E-state index in [0.29, 0.717) is 6.04 Å². The van der Waals surface area contributed by atoms with Crippen molar-refractivity contribution in [2.75, 3.05) is 0 Å². The minimum atomic E-state index is 0.442. The van der Waals surface area contributed by atoms with Crippen molar-refractivity contribution < 1.29 is 0 Å². The van der Waals surface area contributed by atoms with Gasteiger partial charge in [-0.05, 0) is 31.2 Å². The summed E-state index contributed by atoms with van der Waals surface area (Å²) < 4.78 is 1.83. The Labute approximate surface area is 113 Å². The Balaban J connectivity index is 1.71. The maximum Gasteiger partial charge on any atom is 0.140 e. The van der Waals surface area contributed by atoms with Crippen molar-refractivity contribution in [1.82, 2.24) is 20.1 Å². The van der Waals surface area contributed by atoms with Gasteiger partial charge in [0.1, 0.15) is 12.2 Å². The number of hydrogen-bond donors (Lipinski definition) is 1. The summed E-state index contributed by atoms with van der Waals surface area (Å²) in [4.78, 5) is 4.26. The Bertz CT molecular complexity index is 540. The zero-order valence-corrected chi connectivity index (χ0v) is 11.5. The lowest BCUT2D eigenvalue weighted by Gasteiger charge is -2.18. The van der Waals surface area contributed by atoms with Gasteiger partial charge in [-0.15, -0.1) is 0 Å². The molecule has 19 heavy (non-hydrogen) atoms. The summed E-state index contributed by atoms with van der Waals surface area (Å²) >= 11 is 0. The number of rotatable bonds is 5. The molecule has 0 bridgehead atoms. The van der Waals surface area contributed by atoms with Gasteiger partial charge >= 0.3 is 0 Å². The van der Waals surface area contributed by atoms with Crippen molar-refractivity contribution in [3.05, 3.63) is 47.5 Å². The SMILES string of the molecule is Cc1ccc([C@H](NCc2ncnn2C)C2CC2)cc1. The Morgan fingerprint density at radius 3 is 2.63 bits per heavy atom. The van der Waals surface area contributed by atoms with Gasteiger partial charge in [0.05, 0.1) is 6.54 Å². The third kappa shape index (κ3) is 2.84. The van der Waals surface area contributed by atoms with Crippen molar-refractivity contribution in [1.29, 1.82) is 0 Å². The normalized spacial score (nSPS) is 16.5. The van der Waals surface area contributed by atoms with E-state index in [0.717, 1.165) is 18.3 Å². The highest BCUT2D eigenvalue weighted by Gasteiger charge is 2.32. The van der Waals surface area contributed by atoms with Crippen molar-refractivity contribution >= 4 is 0 Å². The van der Waals surface area contributed by atoms with E-state index in [9.17, 15) is 0 Å². The highest BCUT2D eigenvalue weighted by Crippen LogP contribution is 2.41. The fraction of sp³-hybridized carbons (Fsp3) is 0.467. The van der Waals surface area contributed by atoms with Crippen LogP contribution < -0.4 is 5.32 Å². The monoisotopic (exact) mass is 256 g/mol. The molecule has 0 spiro atoms. The molecule has 1 N–H and O–H groups in total. The van der Waals surface area contributed by atoms with Gasteiger partial charge in [0.15, 0.2) is 0 Å². The number of nitrogens with zero attached hydrogens (tertiary/aromatic N) is 3. The smallest absolute Gasteiger partial charge is 0.140 e. The predicted molar refractivity (Wildman–Crippen MR) is 74.5 cm³/mol. The number of aromatic nitrogens is 3. The van der Waals surface area contributed by atoms with Crippen molar-refractivity contribution in [2.24, 2.45) is 13.0 Å². The third-order valence-electron chi connectivity index (χ3n) is 3.82. The summed E-state index contributed by atoms with van der Waals surface area (Å²) in [7, 11) is 1.93. The maximum atomic E-state index is 4.26. The van der Waals surface area contributed by atoms with Crippen LogP contribution in [-0.2, 0) is 13.6 Å². The molecule has 1 aliphatic rings. The molecule has 1 aliphatic carbocycles. The molecule has 3 rings (SSSR count). The van der Waals surface area contributed by atoms with E-state index in [4.69, 9.17) is 0 Å². The van der Waals surface area contributed by atoms with Crippen LogP contribution in [0.1, 0.15) is 35.8 Å². The summed E-state index contributed by atoms with van der Waals surface area (Å²) in [5.41, 5.74) is 2.70.